The van der Waals surface area contributed by atoms with Gasteiger partial charge in [-0.05, 0) is 6.92 Å². The third kappa shape index (κ3) is 2.66. The van der Waals surface area contributed by atoms with Crippen LogP contribution in [0.25, 0.3) is 0 Å². The normalized spacial score (nSPS) is 12.5. The van der Waals surface area contributed by atoms with Crippen LogP contribution in [-0.2, 0) is 0 Å². The van der Waals surface area contributed by atoms with E-state index in [2.05, 4.69) is 20.3 Å². The lowest BCUT2D eigenvalue weighted by molar-refractivity contribution is 0.440. The average molecular weight is 206 g/mol. The van der Waals surface area contributed by atoms with E-state index in [0.29, 0.717) is 6.54 Å². The number of anilines is 2. The summed E-state index contributed by atoms with van der Waals surface area (Å²) in [7, 11) is 0. The summed E-state index contributed by atoms with van der Waals surface area (Å²) in [5.74, 6) is 0.00247. The molecule has 3 N–H and O–H groups in total. The summed E-state index contributed by atoms with van der Waals surface area (Å²) >= 11 is 5.14. The summed E-state index contributed by atoms with van der Waals surface area (Å²) in [6, 6.07) is 0. The van der Waals surface area contributed by atoms with Crippen molar-refractivity contribution in [3.8, 4) is 0 Å². The van der Waals surface area contributed by atoms with Crippen LogP contribution in [0.2, 0.25) is 0 Å². The van der Waals surface area contributed by atoms with Crippen LogP contribution in [0.15, 0.2) is 0 Å². The Kier molecular flexibility index (Phi) is 3.18. The zero-order valence-electron chi connectivity index (χ0n) is 6.96. The van der Waals surface area contributed by atoms with Crippen LogP contribution in [0, 0.1) is 0 Å². The van der Waals surface area contributed by atoms with Gasteiger partial charge >= 0.3 is 0 Å². The highest BCUT2D eigenvalue weighted by Gasteiger charge is 2.11. The van der Waals surface area contributed by atoms with Crippen molar-refractivity contribution in [3.05, 3.63) is 5.82 Å². The van der Waals surface area contributed by atoms with Crippen molar-refractivity contribution in [1.29, 1.82) is 0 Å². The van der Waals surface area contributed by atoms with Crippen molar-refractivity contribution in [1.82, 2.24) is 15.0 Å². The van der Waals surface area contributed by atoms with Gasteiger partial charge in [0.2, 0.25) is 17.5 Å². The summed E-state index contributed by atoms with van der Waals surface area (Å²) in [6.07, 6.45) is 0. The van der Waals surface area contributed by atoms with Crippen LogP contribution >= 0.6 is 11.6 Å². The largest absolute Gasteiger partial charge is 0.368 e. The Hall–Kier alpha value is -1.17. The Balaban J connectivity index is 2.96. The minimum Gasteiger partial charge on any atom is -0.368 e. The van der Waals surface area contributed by atoms with Gasteiger partial charge < -0.3 is 11.1 Å². The highest BCUT2D eigenvalue weighted by Crippen LogP contribution is 2.18. The zero-order valence-corrected chi connectivity index (χ0v) is 7.72. The Morgan fingerprint density at radius 2 is 2.23 bits per heavy atom. The maximum absolute atomic E-state index is 12.6. The molecule has 72 valence electrons. The summed E-state index contributed by atoms with van der Waals surface area (Å²) in [4.78, 5) is 11.0. The average Bonchev–Trinajstić information content (AvgIpc) is 2.03. The van der Waals surface area contributed by atoms with Crippen LogP contribution in [0.3, 0.4) is 0 Å². The van der Waals surface area contributed by atoms with Crippen molar-refractivity contribution in [2.75, 3.05) is 17.6 Å². The zero-order chi connectivity index (χ0) is 9.84. The number of halogens is 2. The highest BCUT2D eigenvalue weighted by molar-refractivity contribution is 6.19. The monoisotopic (exact) mass is 205 g/mol. The maximum Gasteiger partial charge on any atom is 0.232 e. The van der Waals surface area contributed by atoms with Gasteiger partial charge in [0.15, 0.2) is 5.82 Å². The van der Waals surface area contributed by atoms with Gasteiger partial charge in [-0.3, -0.25) is 0 Å². The molecule has 5 nitrogen and oxygen atoms in total. The molecule has 0 bridgehead atoms. The summed E-state index contributed by atoms with van der Waals surface area (Å²) < 4.78 is 12.6. The van der Waals surface area contributed by atoms with Crippen LogP contribution < -0.4 is 11.1 Å². The van der Waals surface area contributed by atoms with Crippen molar-refractivity contribution >= 4 is 23.5 Å². The van der Waals surface area contributed by atoms with Gasteiger partial charge in [-0.25, -0.2) is 4.39 Å². The molecular formula is C6H9ClFN5. The molecular weight excluding hydrogens is 197 g/mol. The second-order valence-electron chi connectivity index (χ2n) is 2.21. The first-order valence-corrected chi connectivity index (χ1v) is 4.10. The number of nitrogens with zero attached hydrogens (tertiary/aromatic N) is 3. The predicted octanol–water partition coefficient (Wildman–Crippen LogP) is 1.09. The topological polar surface area (TPSA) is 76.7 Å². The van der Waals surface area contributed by atoms with Crippen LogP contribution in [-0.4, -0.2) is 21.5 Å². The molecule has 0 aromatic carbocycles. The molecule has 0 spiro atoms. The van der Waals surface area contributed by atoms with E-state index >= 15 is 0 Å². The number of aromatic nitrogens is 3. The number of nitrogen functional groups attached to an aromatic ring is 1. The van der Waals surface area contributed by atoms with Crippen molar-refractivity contribution < 1.29 is 4.39 Å². The van der Waals surface area contributed by atoms with Crippen LogP contribution in [0.1, 0.15) is 18.4 Å². The van der Waals surface area contributed by atoms with Gasteiger partial charge in [0.1, 0.15) is 0 Å². The van der Waals surface area contributed by atoms with E-state index in [9.17, 15) is 4.39 Å². The molecule has 0 aliphatic carbocycles. The summed E-state index contributed by atoms with van der Waals surface area (Å²) in [5, 5.41) is 2.78. The smallest absolute Gasteiger partial charge is 0.232 e. The molecule has 13 heavy (non-hydrogen) atoms. The molecule has 1 atom stereocenters. The van der Waals surface area contributed by atoms with Crippen LogP contribution in [0.4, 0.5) is 16.3 Å². The number of hydrogen-bond donors (Lipinski definition) is 2. The second kappa shape index (κ2) is 4.18. The molecule has 7 heteroatoms. The SMILES string of the molecule is CCNc1nc(N)nc(C(F)Cl)n1. The molecule has 1 rings (SSSR count). The van der Waals surface area contributed by atoms with E-state index < -0.39 is 5.63 Å². The highest BCUT2D eigenvalue weighted by atomic mass is 35.5. The molecule has 0 fully saturated rings. The van der Waals surface area contributed by atoms with Gasteiger partial charge in [-0.15, -0.1) is 0 Å². The molecule has 1 unspecified atom stereocenters. The van der Waals surface area contributed by atoms with Gasteiger partial charge in [-0.1, -0.05) is 11.6 Å². The quantitative estimate of drug-likeness (QED) is 0.723. The number of nitrogens with one attached hydrogen (secondary N) is 1. The maximum atomic E-state index is 12.6. The second-order valence-corrected chi connectivity index (χ2v) is 2.59. The minimum absolute atomic E-state index is 0.0516. The van der Waals surface area contributed by atoms with E-state index in [1.54, 1.807) is 0 Å². The van der Waals surface area contributed by atoms with Crippen molar-refractivity contribution in [2.45, 2.75) is 12.6 Å². The lowest BCUT2D eigenvalue weighted by atomic mass is 10.6. The van der Waals surface area contributed by atoms with E-state index in [-0.39, 0.29) is 17.7 Å². The number of hydrogen-bond acceptors (Lipinski definition) is 5. The van der Waals surface area contributed by atoms with Crippen molar-refractivity contribution in [3.63, 3.8) is 0 Å². The molecule has 0 aliphatic rings. The van der Waals surface area contributed by atoms with Gasteiger partial charge in [0.05, 0.1) is 0 Å². The minimum atomic E-state index is -1.76. The lowest BCUT2D eigenvalue weighted by Crippen LogP contribution is -2.09. The van der Waals surface area contributed by atoms with Crippen molar-refractivity contribution in [2.24, 2.45) is 0 Å². The Labute approximate surface area is 79.5 Å². The molecule has 1 aromatic heterocycles. The molecule has 0 saturated heterocycles. The van der Waals surface area contributed by atoms with Gasteiger partial charge in [0, 0.05) is 6.54 Å². The van der Waals surface area contributed by atoms with E-state index in [1.807, 2.05) is 6.92 Å². The molecule has 1 aromatic rings. The Bertz CT molecular complexity index is 292. The summed E-state index contributed by atoms with van der Waals surface area (Å²) in [6.45, 7) is 2.47. The Morgan fingerprint density at radius 1 is 1.54 bits per heavy atom. The third-order valence-electron chi connectivity index (χ3n) is 1.20. The van der Waals surface area contributed by atoms with Gasteiger partial charge in [-0.2, -0.15) is 15.0 Å². The molecule has 0 aliphatic heterocycles. The fraction of sp³-hybridized carbons (Fsp3) is 0.500. The standard InChI is InChI=1S/C6H9ClFN5/c1-2-10-6-12-4(3(7)8)11-5(9)13-6/h3H,2H2,1H3,(H3,9,10,11,12,13). The Morgan fingerprint density at radius 3 is 2.77 bits per heavy atom. The number of alkyl halides is 2. The molecule has 1 heterocycles. The molecule has 0 saturated carbocycles. The summed E-state index contributed by atoms with van der Waals surface area (Å²) in [5.41, 5.74) is 3.54. The fourth-order valence-corrected chi connectivity index (χ4v) is 0.842. The van der Waals surface area contributed by atoms with Crippen LogP contribution in [0.5, 0.6) is 0 Å². The van der Waals surface area contributed by atoms with E-state index in [1.165, 1.54) is 0 Å². The molecule has 0 amide bonds. The van der Waals surface area contributed by atoms with E-state index in [4.69, 9.17) is 17.3 Å². The van der Waals surface area contributed by atoms with E-state index in [0.717, 1.165) is 0 Å². The predicted molar refractivity (Wildman–Crippen MR) is 48.1 cm³/mol. The first kappa shape index (κ1) is 9.91. The van der Waals surface area contributed by atoms with Gasteiger partial charge in [0.25, 0.3) is 0 Å². The first-order chi connectivity index (χ1) is 6.13. The number of nitrogens with two attached hydrogens (primary N) is 1. The number of rotatable bonds is 3. The first-order valence-electron chi connectivity index (χ1n) is 3.67. The molecule has 0 radical (unpaired) electrons. The fourth-order valence-electron chi connectivity index (χ4n) is 0.744. The lowest BCUT2D eigenvalue weighted by Gasteiger charge is -2.04. The third-order valence-corrected chi connectivity index (χ3v) is 1.40.